The number of anilines is 2. The fraction of sp³-hybridized carbons (Fsp3) is 0.407. The van der Waals surface area contributed by atoms with Gasteiger partial charge in [-0.2, -0.15) is 0 Å². The van der Waals surface area contributed by atoms with Crippen molar-refractivity contribution in [2.75, 3.05) is 16.8 Å². The van der Waals surface area contributed by atoms with E-state index in [2.05, 4.69) is 17.5 Å². The van der Waals surface area contributed by atoms with Gasteiger partial charge < -0.3 is 10.1 Å². The number of rotatable bonds is 5. The Balaban J connectivity index is 1.22. The van der Waals surface area contributed by atoms with Crippen molar-refractivity contribution < 1.29 is 23.9 Å². The van der Waals surface area contributed by atoms with E-state index in [4.69, 9.17) is 4.74 Å². The average molecular weight is 491 g/mol. The molecule has 7 nitrogen and oxygen atoms in total. The molecule has 2 bridgehead atoms. The molecule has 3 aliphatic carbocycles. The number of carbonyl (C=O) groups excluding carboxylic acids is 4. The lowest BCUT2D eigenvalue weighted by Gasteiger charge is -2.17. The predicted molar refractivity (Wildman–Crippen MR) is 132 cm³/mol. The highest BCUT2D eigenvalue weighted by Gasteiger charge is 2.59. The summed E-state index contributed by atoms with van der Waals surface area (Å²) in [6, 6.07) is 6.52. The van der Waals surface area contributed by atoms with E-state index in [-0.39, 0.29) is 48.0 Å². The van der Waals surface area contributed by atoms with Gasteiger partial charge in [-0.1, -0.05) is 12.2 Å². The molecule has 3 amide bonds. The molecular formula is C27H26N2O5S. The normalized spacial score (nSPS) is 26.1. The van der Waals surface area contributed by atoms with E-state index in [0.29, 0.717) is 21.8 Å². The molecule has 0 spiro atoms. The summed E-state index contributed by atoms with van der Waals surface area (Å²) in [5, 5.41) is 3.42. The number of aryl methyl sites for hydroxylation is 1. The van der Waals surface area contributed by atoms with Crippen molar-refractivity contribution in [1.29, 1.82) is 0 Å². The number of imide groups is 1. The Morgan fingerprint density at radius 2 is 1.69 bits per heavy atom. The third-order valence-electron chi connectivity index (χ3n) is 7.74. The van der Waals surface area contributed by atoms with Crippen molar-refractivity contribution in [2.24, 2.45) is 23.7 Å². The fourth-order valence-electron chi connectivity index (χ4n) is 6.17. The largest absolute Gasteiger partial charge is 0.462 e. The number of nitrogens with zero attached hydrogens (tertiary/aromatic N) is 1. The SMILES string of the molecule is CCOC(=O)c1c(NC(=O)c2ccc(N3C(=O)[C@@H]4[C@H](C3=O)[C@H]3C=C[C@H]4C3)cc2)sc2c1CCCC2. The van der Waals surface area contributed by atoms with Gasteiger partial charge in [-0.25, -0.2) is 4.79 Å². The Bertz CT molecular complexity index is 1250. The Morgan fingerprint density at radius 3 is 2.34 bits per heavy atom. The zero-order chi connectivity index (χ0) is 24.3. The number of fused-ring (bicyclic) bond motifs is 6. The highest BCUT2D eigenvalue weighted by molar-refractivity contribution is 7.17. The maximum absolute atomic E-state index is 13.1. The number of ether oxygens (including phenoxy) is 1. The van der Waals surface area contributed by atoms with Crippen LogP contribution in [0.1, 0.15) is 57.3 Å². The van der Waals surface area contributed by atoms with Crippen molar-refractivity contribution in [1.82, 2.24) is 0 Å². The van der Waals surface area contributed by atoms with Gasteiger partial charge >= 0.3 is 5.97 Å². The maximum Gasteiger partial charge on any atom is 0.341 e. The van der Waals surface area contributed by atoms with E-state index in [9.17, 15) is 19.2 Å². The van der Waals surface area contributed by atoms with Gasteiger partial charge in [-0.15, -0.1) is 11.3 Å². The number of esters is 1. The van der Waals surface area contributed by atoms with E-state index in [0.717, 1.165) is 42.5 Å². The number of carbonyl (C=O) groups is 4. The summed E-state index contributed by atoms with van der Waals surface area (Å²) in [5.41, 5.74) is 2.34. The molecule has 35 heavy (non-hydrogen) atoms. The van der Waals surface area contributed by atoms with Crippen LogP contribution in [-0.4, -0.2) is 30.3 Å². The smallest absolute Gasteiger partial charge is 0.341 e. The summed E-state index contributed by atoms with van der Waals surface area (Å²) in [7, 11) is 0. The van der Waals surface area contributed by atoms with E-state index in [1.54, 1.807) is 31.2 Å². The molecule has 0 radical (unpaired) electrons. The lowest BCUT2D eigenvalue weighted by molar-refractivity contribution is -0.123. The first-order valence-corrected chi connectivity index (χ1v) is 13.1. The van der Waals surface area contributed by atoms with Crippen LogP contribution in [0.4, 0.5) is 10.7 Å². The van der Waals surface area contributed by atoms with Crippen LogP contribution < -0.4 is 10.2 Å². The van der Waals surface area contributed by atoms with Crippen LogP contribution in [0.3, 0.4) is 0 Å². The van der Waals surface area contributed by atoms with Gasteiger partial charge in [0.1, 0.15) is 5.00 Å². The second kappa shape index (κ2) is 8.45. The quantitative estimate of drug-likeness (QED) is 0.382. The molecule has 4 atom stereocenters. The second-order valence-corrected chi connectivity index (χ2v) is 10.8. The monoisotopic (exact) mass is 490 g/mol. The topological polar surface area (TPSA) is 92.8 Å². The van der Waals surface area contributed by atoms with E-state index in [1.165, 1.54) is 16.2 Å². The van der Waals surface area contributed by atoms with Crippen LogP contribution in [0.5, 0.6) is 0 Å². The molecule has 1 aromatic heterocycles. The molecule has 0 unspecified atom stereocenters. The zero-order valence-electron chi connectivity index (χ0n) is 19.4. The summed E-state index contributed by atoms with van der Waals surface area (Å²) < 4.78 is 5.27. The molecule has 6 rings (SSSR count). The number of hydrogen-bond acceptors (Lipinski definition) is 6. The predicted octanol–water partition coefficient (Wildman–Crippen LogP) is 4.37. The minimum absolute atomic E-state index is 0.141. The minimum atomic E-state index is -0.405. The van der Waals surface area contributed by atoms with Crippen LogP contribution in [0.25, 0.3) is 0 Å². The summed E-state index contributed by atoms with van der Waals surface area (Å²) in [6.07, 6.45) is 8.81. The van der Waals surface area contributed by atoms with E-state index >= 15 is 0 Å². The number of thiophene rings is 1. The van der Waals surface area contributed by atoms with Gasteiger partial charge in [0.05, 0.1) is 29.7 Å². The molecular weight excluding hydrogens is 464 g/mol. The zero-order valence-corrected chi connectivity index (χ0v) is 20.2. The molecule has 1 saturated carbocycles. The molecule has 4 aliphatic rings. The van der Waals surface area contributed by atoms with Crippen molar-refractivity contribution in [3.63, 3.8) is 0 Å². The van der Waals surface area contributed by atoms with Gasteiger partial charge in [-0.05, 0) is 80.7 Å². The molecule has 1 N–H and O–H groups in total. The summed E-state index contributed by atoms with van der Waals surface area (Å²) in [6.45, 7) is 2.03. The number of allylic oxidation sites excluding steroid dienone is 2. The van der Waals surface area contributed by atoms with Crippen LogP contribution >= 0.6 is 11.3 Å². The van der Waals surface area contributed by atoms with Crippen LogP contribution in [0.15, 0.2) is 36.4 Å². The van der Waals surface area contributed by atoms with Gasteiger partial charge in [0.15, 0.2) is 0 Å². The summed E-state index contributed by atoms with van der Waals surface area (Å²) in [4.78, 5) is 54.2. The Labute approximate surface area is 207 Å². The third-order valence-corrected chi connectivity index (χ3v) is 8.94. The lowest BCUT2D eigenvalue weighted by atomic mass is 9.85. The van der Waals surface area contributed by atoms with Crippen LogP contribution in [-0.2, 0) is 27.2 Å². The number of benzene rings is 1. The Kier molecular flexibility index (Phi) is 5.36. The van der Waals surface area contributed by atoms with Gasteiger partial charge in [0, 0.05) is 10.4 Å². The van der Waals surface area contributed by atoms with Crippen molar-refractivity contribution in [2.45, 2.75) is 39.0 Å². The highest BCUT2D eigenvalue weighted by Crippen LogP contribution is 2.53. The van der Waals surface area contributed by atoms with Crippen LogP contribution in [0, 0.1) is 23.7 Å². The maximum atomic E-state index is 13.1. The first kappa shape index (κ1) is 22.2. The van der Waals surface area contributed by atoms with Gasteiger partial charge in [-0.3, -0.25) is 19.3 Å². The fourth-order valence-corrected chi connectivity index (χ4v) is 7.44. The van der Waals surface area contributed by atoms with Crippen molar-refractivity contribution in [3.05, 3.63) is 58.0 Å². The summed E-state index contributed by atoms with van der Waals surface area (Å²) in [5.74, 6) is -1.24. The van der Waals surface area contributed by atoms with E-state index in [1.807, 2.05) is 0 Å². The van der Waals surface area contributed by atoms with Crippen molar-refractivity contribution >= 4 is 45.7 Å². The molecule has 2 heterocycles. The average Bonchev–Trinajstić information content (AvgIpc) is 3.61. The standard InChI is InChI=1S/C27H26N2O5S/c1-2-34-27(33)22-18-5-3-4-6-19(18)35-24(22)28-23(30)14-9-11-17(12-10-14)29-25(31)20-15-7-8-16(13-15)21(20)26(29)32/h7-12,15-16,20-21H,2-6,13H2,1H3,(H,28,30)/t15-,16-,20-,21+/m0/s1. The second-order valence-electron chi connectivity index (χ2n) is 9.65. The third kappa shape index (κ3) is 3.45. The lowest BCUT2D eigenvalue weighted by Crippen LogP contribution is -2.32. The molecule has 2 fully saturated rings. The minimum Gasteiger partial charge on any atom is -0.462 e. The van der Waals surface area contributed by atoms with Crippen molar-refractivity contribution in [3.8, 4) is 0 Å². The molecule has 1 aliphatic heterocycles. The number of hydrogen-bond donors (Lipinski definition) is 1. The Hall–Kier alpha value is -3.26. The van der Waals surface area contributed by atoms with Gasteiger partial charge in [0.25, 0.3) is 5.91 Å². The molecule has 8 heteroatoms. The molecule has 1 aromatic carbocycles. The van der Waals surface area contributed by atoms with Gasteiger partial charge in [0.2, 0.25) is 11.8 Å². The molecule has 180 valence electrons. The highest BCUT2D eigenvalue weighted by atomic mass is 32.1. The van der Waals surface area contributed by atoms with E-state index < -0.39 is 5.97 Å². The van der Waals surface area contributed by atoms with Crippen LogP contribution in [0.2, 0.25) is 0 Å². The Morgan fingerprint density at radius 1 is 1.03 bits per heavy atom. The first-order chi connectivity index (χ1) is 17.0. The molecule has 2 aromatic rings. The number of nitrogens with one attached hydrogen (secondary N) is 1. The number of amides is 3. The molecule has 1 saturated heterocycles. The first-order valence-electron chi connectivity index (χ1n) is 12.3. The summed E-state index contributed by atoms with van der Waals surface area (Å²) >= 11 is 1.44.